The van der Waals surface area contributed by atoms with Gasteiger partial charge in [-0.2, -0.15) is 4.73 Å². The standard InChI is InChI=1S/C23H20F2N4O3/c1-32-29-13-27-21(15-3-5-17(24)6-4-15)22(29)20-11-16(12-26-20)23(31)28-19-7-2-14(8-9-30)10-18(19)25/h2-7,10,12-13,30H,8-9,11H2,1H3,(H,28,31). The number of halogens is 2. The highest BCUT2D eigenvalue weighted by Crippen LogP contribution is 2.28. The van der Waals surface area contributed by atoms with Gasteiger partial charge in [-0.3, -0.25) is 9.79 Å². The van der Waals surface area contributed by atoms with E-state index < -0.39 is 11.7 Å². The van der Waals surface area contributed by atoms with Crippen molar-refractivity contribution in [2.75, 3.05) is 19.0 Å². The van der Waals surface area contributed by atoms with Crippen molar-refractivity contribution in [3.8, 4) is 11.3 Å². The monoisotopic (exact) mass is 438 g/mol. The summed E-state index contributed by atoms with van der Waals surface area (Å²) in [7, 11) is 1.47. The second kappa shape index (κ2) is 9.11. The van der Waals surface area contributed by atoms with Gasteiger partial charge in [0.15, 0.2) is 0 Å². The molecule has 2 heterocycles. The van der Waals surface area contributed by atoms with Crippen molar-refractivity contribution in [1.29, 1.82) is 0 Å². The van der Waals surface area contributed by atoms with Crippen LogP contribution in [0.4, 0.5) is 14.5 Å². The zero-order chi connectivity index (χ0) is 22.7. The van der Waals surface area contributed by atoms with E-state index in [1.54, 1.807) is 18.2 Å². The number of nitrogens with zero attached hydrogens (tertiary/aromatic N) is 3. The fourth-order valence-electron chi connectivity index (χ4n) is 3.41. The number of anilines is 1. The van der Waals surface area contributed by atoms with Crippen molar-refractivity contribution < 1.29 is 23.5 Å². The number of aliphatic imine (C=N–C) groups is 1. The van der Waals surface area contributed by atoms with E-state index in [1.165, 1.54) is 48.6 Å². The molecule has 0 aliphatic carbocycles. The molecule has 1 aliphatic rings. The molecule has 0 atom stereocenters. The zero-order valence-corrected chi connectivity index (χ0v) is 17.2. The molecule has 3 aromatic rings. The Bertz CT molecular complexity index is 1220. The van der Waals surface area contributed by atoms with Crippen LogP contribution in [0, 0.1) is 11.6 Å². The van der Waals surface area contributed by atoms with E-state index in [4.69, 9.17) is 9.94 Å². The first kappa shape index (κ1) is 21.4. The number of aliphatic hydroxyl groups is 1. The number of rotatable bonds is 7. The van der Waals surface area contributed by atoms with Crippen molar-refractivity contribution in [3.63, 3.8) is 0 Å². The Hall–Kier alpha value is -3.85. The van der Waals surface area contributed by atoms with E-state index in [2.05, 4.69) is 15.3 Å². The molecule has 7 nitrogen and oxygen atoms in total. The normalized spacial score (nSPS) is 13.0. The molecule has 0 spiro atoms. The third kappa shape index (κ3) is 4.28. The van der Waals surface area contributed by atoms with Crippen LogP contribution in [0.3, 0.4) is 0 Å². The van der Waals surface area contributed by atoms with Gasteiger partial charge in [-0.1, -0.05) is 6.07 Å². The number of aliphatic hydroxyl groups excluding tert-OH is 1. The lowest BCUT2D eigenvalue weighted by atomic mass is 10.0. The van der Waals surface area contributed by atoms with Gasteiger partial charge in [-0.25, -0.2) is 13.8 Å². The molecule has 2 N–H and O–H groups in total. The lowest BCUT2D eigenvalue weighted by Crippen LogP contribution is -2.18. The molecule has 164 valence electrons. The molecule has 0 saturated carbocycles. The first-order chi connectivity index (χ1) is 15.5. The second-order valence-electron chi connectivity index (χ2n) is 7.11. The van der Waals surface area contributed by atoms with Crippen molar-refractivity contribution in [2.24, 2.45) is 4.99 Å². The third-order valence-electron chi connectivity index (χ3n) is 5.03. The Morgan fingerprint density at radius 1 is 1.22 bits per heavy atom. The molecule has 4 rings (SSSR count). The number of hydrogen-bond acceptors (Lipinski definition) is 5. The highest BCUT2D eigenvalue weighted by Gasteiger charge is 2.25. The van der Waals surface area contributed by atoms with E-state index in [-0.39, 0.29) is 24.5 Å². The molecule has 0 radical (unpaired) electrons. The minimum absolute atomic E-state index is 0.0416. The summed E-state index contributed by atoms with van der Waals surface area (Å²) in [6.45, 7) is -0.0872. The highest BCUT2D eigenvalue weighted by molar-refractivity contribution is 6.14. The maximum absolute atomic E-state index is 14.3. The topological polar surface area (TPSA) is 88.7 Å². The molecule has 1 amide bonds. The van der Waals surface area contributed by atoms with Gasteiger partial charge in [0.2, 0.25) is 0 Å². The van der Waals surface area contributed by atoms with Crippen LogP contribution >= 0.6 is 0 Å². The number of aromatic nitrogens is 2. The largest absolute Gasteiger partial charge is 0.416 e. The molecule has 0 saturated heterocycles. The number of nitrogens with one attached hydrogen (secondary N) is 1. The average molecular weight is 438 g/mol. The maximum atomic E-state index is 14.3. The van der Waals surface area contributed by atoms with E-state index in [0.717, 1.165) is 0 Å². The fourth-order valence-corrected chi connectivity index (χ4v) is 3.41. The van der Waals surface area contributed by atoms with E-state index in [9.17, 15) is 13.6 Å². The Kier molecular flexibility index (Phi) is 6.09. The lowest BCUT2D eigenvalue weighted by molar-refractivity contribution is -0.112. The van der Waals surface area contributed by atoms with E-state index in [1.807, 2.05) is 0 Å². The van der Waals surface area contributed by atoms with Crippen molar-refractivity contribution >= 4 is 17.3 Å². The van der Waals surface area contributed by atoms with Gasteiger partial charge in [0.05, 0.1) is 11.4 Å². The van der Waals surface area contributed by atoms with Gasteiger partial charge in [-0.05, 0) is 48.4 Å². The Morgan fingerprint density at radius 3 is 2.69 bits per heavy atom. The molecule has 0 fully saturated rings. The second-order valence-corrected chi connectivity index (χ2v) is 7.11. The van der Waals surface area contributed by atoms with Gasteiger partial charge in [-0.15, -0.1) is 0 Å². The molecule has 1 aliphatic heterocycles. The number of hydrogen-bond donors (Lipinski definition) is 2. The SMILES string of the molecule is COn1cnc(-c2ccc(F)cc2)c1C1=NC=C(C(=O)Nc2ccc(CCO)cc2F)C1. The average Bonchev–Trinajstić information content (AvgIpc) is 3.43. The zero-order valence-electron chi connectivity index (χ0n) is 17.2. The molecule has 0 unspecified atom stereocenters. The van der Waals surface area contributed by atoms with Crippen LogP contribution in [0.15, 0.2) is 65.6 Å². The molecule has 9 heteroatoms. The molecular weight excluding hydrogens is 418 g/mol. The summed E-state index contributed by atoms with van der Waals surface area (Å²) < 4.78 is 29.0. The first-order valence-corrected chi connectivity index (χ1v) is 9.84. The summed E-state index contributed by atoms with van der Waals surface area (Å²) >= 11 is 0. The lowest BCUT2D eigenvalue weighted by Gasteiger charge is -2.10. The highest BCUT2D eigenvalue weighted by atomic mass is 19.1. The summed E-state index contributed by atoms with van der Waals surface area (Å²) in [5, 5.41) is 11.5. The summed E-state index contributed by atoms with van der Waals surface area (Å²) in [5.41, 5.74) is 3.29. The predicted molar refractivity (Wildman–Crippen MR) is 115 cm³/mol. The number of carbonyl (C=O) groups excluding carboxylic acids is 1. The van der Waals surface area contributed by atoms with Crippen LogP contribution in [0.25, 0.3) is 11.3 Å². The van der Waals surface area contributed by atoms with Crippen molar-refractivity contribution in [3.05, 3.63) is 83.5 Å². The van der Waals surface area contributed by atoms with Crippen LogP contribution in [-0.4, -0.2) is 40.2 Å². The molecular formula is C23H20F2N4O3. The van der Waals surface area contributed by atoms with Gasteiger partial charge in [0, 0.05) is 30.4 Å². The van der Waals surface area contributed by atoms with E-state index >= 15 is 0 Å². The van der Waals surface area contributed by atoms with Gasteiger partial charge < -0.3 is 15.3 Å². The Morgan fingerprint density at radius 2 is 2.00 bits per heavy atom. The Balaban J connectivity index is 1.51. The minimum Gasteiger partial charge on any atom is -0.416 e. The van der Waals surface area contributed by atoms with Gasteiger partial charge >= 0.3 is 0 Å². The molecule has 0 bridgehead atoms. The molecule has 1 aromatic heterocycles. The van der Waals surface area contributed by atoms with Gasteiger partial charge in [0.25, 0.3) is 5.91 Å². The Labute approximate surface area is 182 Å². The van der Waals surface area contributed by atoms with Crippen LogP contribution in [0.2, 0.25) is 0 Å². The van der Waals surface area contributed by atoms with E-state index in [0.29, 0.717) is 40.2 Å². The van der Waals surface area contributed by atoms with Crippen molar-refractivity contribution in [2.45, 2.75) is 12.8 Å². The number of carbonyl (C=O) groups is 1. The van der Waals surface area contributed by atoms with Crippen LogP contribution in [-0.2, 0) is 11.2 Å². The van der Waals surface area contributed by atoms with Crippen LogP contribution in [0.5, 0.6) is 0 Å². The minimum atomic E-state index is -0.583. The number of benzene rings is 2. The summed E-state index contributed by atoms with van der Waals surface area (Å²) in [4.78, 5) is 26.7. The maximum Gasteiger partial charge on any atom is 0.253 e. The third-order valence-corrected chi connectivity index (χ3v) is 5.03. The number of amides is 1. The first-order valence-electron chi connectivity index (χ1n) is 9.84. The number of imidazole rings is 1. The molecule has 2 aromatic carbocycles. The fraction of sp³-hybridized carbons (Fsp3) is 0.174. The van der Waals surface area contributed by atoms with Crippen molar-refractivity contribution in [1.82, 2.24) is 9.71 Å². The smallest absolute Gasteiger partial charge is 0.253 e. The predicted octanol–water partition coefficient (Wildman–Crippen LogP) is 3.14. The summed E-state index contributed by atoms with van der Waals surface area (Å²) in [6, 6.07) is 10.2. The van der Waals surface area contributed by atoms with Crippen LogP contribution in [0.1, 0.15) is 17.7 Å². The summed E-state index contributed by atoms with van der Waals surface area (Å²) in [5.74, 6) is -1.43. The van der Waals surface area contributed by atoms with Crippen LogP contribution < -0.4 is 10.2 Å². The molecule has 32 heavy (non-hydrogen) atoms. The van der Waals surface area contributed by atoms with Gasteiger partial charge in [0.1, 0.15) is 36.5 Å². The summed E-state index contributed by atoms with van der Waals surface area (Å²) in [6.07, 6.45) is 3.40. The quantitative estimate of drug-likeness (QED) is 0.593.